The lowest BCUT2D eigenvalue weighted by molar-refractivity contribution is 0.414. The molecule has 0 atom stereocenters. The summed E-state index contributed by atoms with van der Waals surface area (Å²) in [6.07, 6.45) is 4.05. The lowest BCUT2D eigenvalue weighted by Gasteiger charge is -2.11. The van der Waals surface area contributed by atoms with E-state index in [4.69, 9.17) is 33.0 Å². The Bertz CT molecular complexity index is 951. The normalized spacial score (nSPS) is 13.6. The maximum atomic E-state index is 6.46. The second-order valence-electron chi connectivity index (χ2n) is 6.69. The second kappa shape index (κ2) is 7.83. The van der Waals surface area contributed by atoms with Crippen LogP contribution in [0.3, 0.4) is 0 Å². The highest BCUT2D eigenvalue weighted by Crippen LogP contribution is 2.33. The molecule has 1 aliphatic heterocycles. The van der Waals surface area contributed by atoms with Crippen LogP contribution < -0.4 is 10.1 Å². The Morgan fingerprint density at radius 3 is 2.70 bits per heavy atom. The zero-order valence-corrected chi connectivity index (χ0v) is 16.6. The van der Waals surface area contributed by atoms with E-state index >= 15 is 0 Å². The van der Waals surface area contributed by atoms with Gasteiger partial charge in [0.05, 0.1) is 23.5 Å². The van der Waals surface area contributed by atoms with Gasteiger partial charge in [-0.05, 0) is 55.2 Å². The predicted octanol–water partition coefficient (Wildman–Crippen LogP) is 5.53. The Morgan fingerprint density at radius 1 is 1.11 bits per heavy atom. The first-order valence-corrected chi connectivity index (χ1v) is 9.84. The molecule has 1 aromatic heterocycles. The van der Waals surface area contributed by atoms with Crippen LogP contribution in [0.15, 0.2) is 42.5 Å². The third-order valence-electron chi connectivity index (χ3n) is 4.88. The largest absolute Gasteiger partial charge is 0.497 e. The highest BCUT2D eigenvalue weighted by atomic mass is 35.5. The van der Waals surface area contributed by atoms with Crippen LogP contribution in [0.2, 0.25) is 10.0 Å². The number of methoxy groups -OCH3 is 1. The van der Waals surface area contributed by atoms with Crippen LogP contribution in [-0.2, 0) is 12.8 Å². The molecular formula is C21H21Cl2N3O. The van der Waals surface area contributed by atoms with Crippen molar-refractivity contribution >= 4 is 29.0 Å². The summed E-state index contributed by atoms with van der Waals surface area (Å²) in [6.45, 7) is 0.929. The van der Waals surface area contributed by atoms with Gasteiger partial charge in [0, 0.05) is 23.6 Å². The minimum absolute atomic E-state index is 0.631. The molecule has 2 aromatic carbocycles. The lowest BCUT2D eigenvalue weighted by Crippen LogP contribution is -2.07. The summed E-state index contributed by atoms with van der Waals surface area (Å²) >= 11 is 12.7. The Morgan fingerprint density at radius 2 is 1.93 bits per heavy atom. The number of halogens is 2. The SMILES string of the molecule is COc1ccc(Cc2nn(-c3cc(Cl)ccc3Cl)c3c2CCCCN3)cc1. The van der Waals surface area contributed by atoms with Gasteiger partial charge in [0.25, 0.3) is 0 Å². The van der Waals surface area contributed by atoms with E-state index in [0.717, 1.165) is 55.2 Å². The summed E-state index contributed by atoms with van der Waals surface area (Å²) < 4.78 is 7.17. The maximum absolute atomic E-state index is 6.46. The fourth-order valence-corrected chi connectivity index (χ4v) is 3.84. The van der Waals surface area contributed by atoms with Crippen molar-refractivity contribution < 1.29 is 4.74 Å². The van der Waals surface area contributed by atoms with Crippen LogP contribution in [-0.4, -0.2) is 23.4 Å². The number of nitrogens with zero attached hydrogens (tertiary/aromatic N) is 2. The highest BCUT2D eigenvalue weighted by Gasteiger charge is 2.22. The van der Waals surface area contributed by atoms with Gasteiger partial charge in [-0.1, -0.05) is 35.3 Å². The quantitative estimate of drug-likeness (QED) is 0.624. The van der Waals surface area contributed by atoms with Crippen molar-refractivity contribution in [3.8, 4) is 11.4 Å². The van der Waals surface area contributed by atoms with Crippen LogP contribution in [0.25, 0.3) is 5.69 Å². The minimum Gasteiger partial charge on any atom is -0.497 e. The van der Waals surface area contributed by atoms with Crippen LogP contribution >= 0.6 is 23.2 Å². The monoisotopic (exact) mass is 401 g/mol. The number of nitrogens with one attached hydrogen (secondary N) is 1. The number of hydrogen-bond acceptors (Lipinski definition) is 3. The molecule has 0 fully saturated rings. The fraction of sp³-hybridized carbons (Fsp3) is 0.286. The van der Waals surface area contributed by atoms with Crippen LogP contribution in [0.1, 0.15) is 29.7 Å². The number of aromatic nitrogens is 2. The van der Waals surface area contributed by atoms with Crippen LogP contribution in [0, 0.1) is 0 Å². The van der Waals surface area contributed by atoms with Gasteiger partial charge in [-0.15, -0.1) is 0 Å². The van der Waals surface area contributed by atoms with Gasteiger partial charge >= 0.3 is 0 Å². The molecule has 1 N–H and O–H groups in total. The first-order chi connectivity index (χ1) is 13.2. The van der Waals surface area contributed by atoms with E-state index in [0.29, 0.717) is 10.0 Å². The second-order valence-corrected chi connectivity index (χ2v) is 7.53. The molecule has 0 saturated carbocycles. The molecule has 2 heterocycles. The number of benzene rings is 2. The van der Waals surface area contributed by atoms with Gasteiger partial charge in [0.2, 0.25) is 0 Å². The molecule has 0 radical (unpaired) electrons. The summed E-state index contributed by atoms with van der Waals surface area (Å²) in [6, 6.07) is 13.6. The molecule has 140 valence electrons. The minimum atomic E-state index is 0.631. The van der Waals surface area contributed by atoms with Gasteiger partial charge in [-0.25, -0.2) is 4.68 Å². The highest BCUT2D eigenvalue weighted by molar-refractivity contribution is 6.34. The van der Waals surface area contributed by atoms with E-state index in [2.05, 4.69) is 17.4 Å². The maximum Gasteiger partial charge on any atom is 0.133 e. The third kappa shape index (κ3) is 3.78. The van der Waals surface area contributed by atoms with E-state index in [1.165, 1.54) is 11.1 Å². The third-order valence-corrected chi connectivity index (χ3v) is 5.43. The molecule has 3 aromatic rings. The van der Waals surface area contributed by atoms with Crippen molar-refractivity contribution in [3.63, 3.8) is 0 Å². The molecule has 0 saturated heterocycles. The van der Waals surface area contributed by atoms with Gasteiger partial charge in [-0.3, -0.25) is 0 Å². The zero-order valence-electron chi connectivity index (χ0n) is 15.1. The number of ether oxygens (including phenoxy) is 1. The smallest absolute Gasteiger partial charge is 0.133 e. The molecule has 6 heteroatoms. The van der Waals surface area contributed by atoms with E-state index in [-0.39, 0.29) is 0 Å². The standard InChI is InChI=1S/C21H21Cl2N3O/c1-27-16-8-5-14(6-9-16)12-19-17-4-2-3-11-24-21(17)26(25-19)20-13-15(22)7-10-18(20)23/h5-10,13,24H,2-4,11-12H2,1H3. The fourth-order valence-electron chi connectivity index (χ4n) is 3.47. The molecule has 1 aliphatic rings. The molecule has 4 rings (SSSR count). The van der Waals surface area contributed by atoms with E-state index in [1.54, 1.807) is 13.2 Å². The molecule has 27 heavy (non-hydrogen) atoms. The number of anilines is 1. The average molecular weight is 402 g/mol. The van der Waals surface area contributed by atoms with Crippen molar-refractivity contribution in [2.24, 2.45) is 0 Å². The molecule has 0 unspecified atom stereocenters. The van der Waals surface area contributed by atoms with Crippen molar-refractivity contribution in [1.82, 2.24) is 9.78 Å². The molecule has 0 aliphatic carbocycles. The van der Waals surface area contributed by atoms with Crippen molar-refractivity contribution in [1.29, 1.82) is 0 Å². The summed E-state index contributed by atoms with van der Waals surface area (Å²) in [7, 11) is 1.68. The Labute approximate surface area is 169 Å². The first kappa shape index (κ1) is 18.2. The Kier molecular flexibility index (Phi) is 5.28. The topological polar surface area (TPSA) is 39.1 Å². The first-order valence-electron chi connectivity index (χ1n) is 9.08. The van der Waals surface area contributed by atoms with E-state index in [1.807, 2.05) is 28.9 Å². The predicted molar refractivity (Wildman–Crippen MR) is 111 cm³/mol. The zero-order chi connectivity index (χ0) is 18.8. The lowest BCUT2D eigenvalue weighted by atomic mass is 10.0. The van der Waals surface area contributed by atoms with Gasteiger partial charge < -0.3 is 10.1 Å². The summed E-state index contributed by atoms with van der Waals surface area (Å²) in [5.74, 6) is 1.88. The van der Waals surface area contributed by atoms with E-state index < -0.39 is 0 Å². The van der Waals surface area contributed by atoms with Crippen molar-refractivity contribution in [2.45, 2.75) is 25.7 Å². The molecule has 0 amide bonds. The summed E-state index contributed by atoms with van der Waals surface area (Å²) in [4.78, 5) is 0. The average Bonchev–Trinajstić information content (AvgIpc) is 2.85. The Balaban J connectivity index is 1.77. The molecule has 0 spiro atoms. The summed E-state index contributed by atoms with van der Waals surface area (Å²) in [5, 5.41) is 9.74. The number of hydrogen-bond donors (Lipinski definition) is 1. The van der Waals surface area contributed by atoms with Gasteiger partial charge in [0.1, 0.15) is 11.6 Å². The number of fused-ring (bicyclic) bond motifs is 1. The van der Waals surface area contributed by atoms with Crippen molar-refractivity contribution in [3.05, 3.63) is 69.3 Å². The van der Waals surface area contributed by atoms with Crippen LogP contribution in [0.4, 0.5) is 5.82 Å². The van der Waals surface area contributed by atoms with E-state index in [9.17, 15) is 0 Å². The van der Waals surface area contributed by atoms with Crippen LogP contribution in [0.5, 0.6) is 5.75 Å². The number of rotatable bonds is 4. The summed E-state index contributed by atoms with van der Waals surface area (Å²) in [5.41, 5.74) is 4.33. The van der Waals surface area contributed by atoms with Gasteiger partial charge in [0.15, 0.2) is 0 Å². The van der Waals surface area contributed by atoms with Gasteiger partial charge in [-0.2, -0.15) is 5.10 Å². The molecule has 4 nitrogen and oxygen atoms in total. The van der Waals surface area contributed by atoms with Crippen molar-refractivity contribution in [2.75, 3.05) is 19.0 Å². The Hall–Kier alpha value is -2.17. The molecule has 0 bridgehead atoms. The molecular weight excluding hydrogens is 381 g/mol.